The highest BCUT2D eigenvalue weighted by Crippen LogP contribution is 2.35. The Morgan fingerprint density at radius 3 is 2.93 bits per heavy atom. The standard InChI is InChI=1S/C11H14ClNO/c1-7-9(12)5-4-8(11(7)14)10-3-2-6-13-10/h4-5,10,13-14H,2-3,6H2,1H3/t10-/m1/s1. The highest BCUT2D eigenvalue weighted by molar-refractivity contribution is 6.31. The van der Waals surface area contributed by atoms with Crippen LogP contribution in [0.15, 0.2) is 12.1 Å². The van der Waals surface area contributed by atoms with Crippen molar-refractivity contribution in [2.45, 2.75) is 25.8 Å². The maximum absolute atomic E-state index is 9.91. The number of halogens is 1. The van der Waals surface area contributed by atoms with Crippen molar-refractivity contribution in [3.63, 3.8) is 0 Å². The molecule has 3 heteroatoms. The third kappa shape index (κ3) is 1.60. The molecule has 0 aromatic heterocycles. The lowest BCUT2D eigenvalue weighted by atomic mass is 10.0. The van der Waals surface area contributed by atoms with Crippen LogP contribution >= 0.6 is 11.6 Å². The van der Waals surface area contributed by atoms with E-state index in [4.69, 9.17) is 11.6 Å². The van der Waals surface area contributed by atoms with Crippen LogP contribution in [0.3, 0.4) is 0 Å². The van der Waals surface area contributed by atoms with Gasteiger partial charge in [-0.1, -0.05) is 17.7 Å². The Hall–Kier alpha value is -0.730. The van der Waals surface area contributed by atoms with Crippen LogP contribution in [0, 0.1) is 6.92 Å². The first-order valence-electron chi connectivity index (χ1n) is 4.91. The van der Waals surface area contributed by atoms with Crippen molar-refractivity contribution in [2.24, 2.45) is 0 Å². The van der Waals surface area contributed by atoms with Gasteiger partial charge < -0.3 is 10.4 Å². The average Bonchev–Trinajstić information content (AvgIpc) is 2.67. The summed E-state index contributed by atoms with van der Waals surface area (Å²) in [5.74, 6) is 0.344. The van der Waals surface area contributed by atoms with Gasteiger partial charge in [0.2, 0.25) is 0 Å². The van der Waals surface area contributed by atoms with Crippen molar-refractivity contribution in [1.29, 1.82) is 0 Å². The second kappa shape index (κ2) is 3.79. The molecular formula is C11H14ClNO. The van der Waals surface area contributed by atoms with Gasteiger partial charge in [0.1, 0.15) is 5.75 Å². The van der Waals surface area contributed by atoms with E-state index in [0.717, 1.165) is 24.1 Å². The Morgan fingerprint density at radius 2 is 2.29 bits per heavy atom. The number of rotatable bonds is 1. The third-order valence-electron chi connectivity index (χ3n) is 2.83. The van der Waals surface area contributed by atoms with E-state index in [0.29, 0.717) is 16.8 Å². The van der Waals surface area contributed by atoms with Gasteiger partial charge in [0.05, 0.1) is 0 Å². The van der Waals surface area contributed by atoms with Gasteiger partial charge in [0, 0.05) is 22.2 Å². The molecule has 2 N–H and O–H groups in total. The molecule has 0 radical (unpaired) electrons. The molecule has 1 aliphatic heterocycles. The molecule has 1 fully saturated rings. The van der Waals surface area contributed by atoms with Crippen LogP contribution in [0.2, 0.25) is 5.02 Å². The van der Waals surface area contributed by atoms with Gasteiger partial charge in [-0.05, 0) is 32.4 Å². The summed E-state index contributed by atoms with van der Waals surface area (Å²) in [6, 6.07) is 4.06. The van der Waals surface area contributed by atoms with E-state index in [9.17, 15) is 5.11 Å². The Balaban J connectivity index is 2.38. The van der Waals surface area contributed by atoms with E-state index in [1.165, 1.54) is 6.42 Å². The van der Waals surface area contributed by atoms with E-state index in [1.54, 1.807) is 0 Å². The van der Waals surface area contributed by atoms with Crippen LogP contribution in [-0.4, -0.2) is 11.7 Å². The largest absolute Gasteiger partial charge is 0.507 e. The molecule has 2 rings (SSSR count). The van der Waals surface area contributed by atoms with E-state index >= 15 is 0 Å². The molecule has 76 valence electrons. The van der Waals surface area contributed by atoms with Crippen molar-refractivity contribution in [2.75, 3.05) is 6.54 Å². The summed E-state index contributed by atoms with van der Waals surface area (Å²) in [5.41, 5.74) is 1.75. The predicted molar refractivity (Wildman–Crippen MR) is 57.8 cm³/mol. The van der Waals surface area contributed by atoms with Crippen molar-refractivity contribution < 1.29 is 5.11 Å². The van der Waals surface area contributed by atoms with Gasteiger partial charge in [0.15, 0.2) is 0 Å². The molecule has 1 heterocycles. The molecule has 1 aromatic carbocycles. The average molecular weight is 212 g/mol. The molecule has 14 heavy (non-hydrogen) atoms. The molecule has 1 aromatic rings. The second-order valence-electron chi connectivity index (χ2n) is 3.76. The van der Waals surface area contributed by atoms with E-state index in [-0.39, 0.29) is 0 Å². The maximum Gasteiger partial charge on any atom is 0.124 e. The molecule has 0 amide bonds. The number of phenolic OH excluding ortho intramolecular Hbond substituents is 1. The van der Waals surface area contributed by atoms with Crippen molar-refractivity contribution in [3.05, 3.63) is 28.3 Å². The first-order valence-corrected chi connectivity index (χ1v) is 5.29. The zero-order valence-corrected chi connectivity index (χ0v) is 8.93. The summed E-state index contributed by atoms with van der Waals surface area (Å²) in [4.78, 5) is 0. The number of benzene rings is 1. The Kier molecular flexibility index (Phi) is 2.66. The molecule has 0 unspecified atom stereocenters. The minimum Gasteiger partial charge on any atom is -0.507 e. The van der Waals surface area contributed by atoms with Crippen molar-refractivity contribution in [1.82, 2.24) is 5.32 Å². The van der Waals surface area contributed by atoms with E-state index in [1.807, 2.05) is 19.1 Å². The lowest BCUT2D eigenvalue weighted by Gasteiger charge is -2.14. The highest BCUT2D eigenvalue weighted by Gasteiger charge is 2.20. The monoisotopic (exact) mass is 211 g/mol. The SMILES string of the molecule is Cc1c(Cl)ccc([C@H]2CCCN2)c1O. The molecule has 2 nitrogen and oxygen atoms in total. The van der Waals surface area contributed by atoms with Crippen LogP contribution in [0.4, 0.5) is 0 Å². The molecule has 1 atom stereocenters. The lowest BCUT2D eigenvalue weighted by molar-refractivity contribution is 0.453. The second-order valence-corrected chi connectivity index (χ2v) is 4.17. The van der Waals surface area contributed by atoms with Crippen molar-refractivity contribution in [3.8, 4) is 5.75 Å². The Morgan fingerprint density at radius 1 is 1.50 bits per heavy atom. The van der Waals surface area contributed by atoms with Gasteiger partial charge >= 0.3 is 0 Å². The van der Waals surface area contributed by atoms with Gasteiger partial charge in [-0.25, -0.2) is 0 Å². The molecule has 0 bridgehead atoms. The van der Waals surface area contributed by atoms with Crippen LogP contribution in [0.5, 0.6) is 5.75 Å². The molecule has 0 saturated carbocycles. The fourth-order valence-electron chi connectivity index (χ4n) is 1.93. The van der Waals surface area contributed by atoms with E-state index in [2.05, 4.69) is 5.32 Å². The summed E-state index contributed by atoms with van der Waals surface area (Å²) in [7, 11) is 0. The van der Waals surface area contributed by atoms with Crippen molar-refractivity contribution >= 4 is 11.6 Å². The lowest BCUT2D eigenvalue weighted by Crippen LogP contribution is -2.13. The third-order valence-corrected chi connectivity index (χ3v) is 3.24. The number of aromatic hydroxyl groups is 1. The zero-order chi connectivity index (χ0) is 10.1. The minimum absolute atomic E-state index is 0.297. The number of nitrogens with one attached hydrogen (secondary N) is 1. The molecule has 0 aliphatic carbocycles. The fraction of sp³-hybridized carbons (Fsp3) is 0.455. The first kappa shape index (κ1) is 9.81. The summed E-state index contributed by atoms with van der Waals surface area (Å²) >= 11 is 5.91. The Bertz CT molecular complexity index is 345. The van der Waals surface area contributed by atoms with Crippen LogP contribution in [-0.2, 0) is 0 Å². The quantitative estimate of drug-likeness (QED) is 0.749. The van der Waals surface area contributed by atoms with Gasteiger partial charge in [-0.15, -0.1) is 0 Å². The molecule has 1 saturated heterocycles. The zero-order valence-electron chi connectivity index (χ0n) is 8.18. The van der Waals surface area contributed by atoms with Crippen LogP contribution < -0.4 is 5.32 Å². The normalized spacial score (nSPS) is 21.4. The smallest absolute Gasteiger partial charge is 0.124 e. The number of phenols is 1. The molecule has 1 aliphatic rings. The summed E-state index contributed by atoms with van der Waals surface area (Å²) in [6.45, 7) is 2.88. The number of hydrogen-bond donors (Lipinski definition) is 2. The van der Waals surface area contributed by atoms with E-state index < -0.39 is 0 Å². The minimum atomic E-state index is 0.297. The van der Waals surface area contributed by atoms with Gasteiger partial charge in [0.25, 0.3) is 0 Å². The summed E-state index contributed by atoms with van der Waals surface area (Å²) in [5, 5.41) is 13.9. The first-order chi connectivity index (χ1) is 6.70. The molecule has 0 spiro atoms. The summed E-state index contributed by atoms with van der Waals surface area (Å²) < 4.78 is 0. The maximum atomic E-state index is 9.91. The van der Waals surface area contributed by atoms with Gasteiger partial charge in [-0.2, -0.15) is 0 Å². The topological polar surface area (TPSA) is 32.3 Å². The van der Waals surface area contributed by atoms with Crippen LogP contribution in [0.1, 0.15) is 30.0 Å². The van der Waals surface area contributed by atoms with Crippen LogP contribution in [0.25, 0.3) is 0 Å². The van der Waals surface area contributed by atoms with Gasteiger partial charge in [-0.3, -0.25) is 0 Å². The Labute approximate surface area is 88.9 Å². The fourth-order valence-corrected chi connectivity index (χ4v) is 2.08. The predicted octanol–water partition coefficient (Wildman–Crippen LogP) is 2.78. The number of hydrogen-bond acceptors (Lipinski definition) is 2. The molecular weight excluding hydrogens is 198 g/mol. The summed E-state index contributed by atoms with van der Waals surface area (Å²) in [6.07, 6.45) is 2.26. The highest BCUT2D eigenvalue weighted by atomic mass is 35.5.